The fourth-order valence-corrected chi connectivity index (χ4v) is 4.26. The second-order valence-corrected chi connectivity index (χ2v) is 10.2. The number of nitrogens with zero attached hydrogens (tertiary/aromatic N) is 6. The molecule has 2 N–H and O–H groups in total. The number of carbonyl (C=O) groups excluding carboxylic acids is 2. The standard InChI is InChI=1S/C27H33FN8O4/c1-16-15-35(26(38)40-27(2,3)4)10-11-36(16)25-32-14-19(24(37)29-5)23(34-25)33-20-9-7-8-18(21(20)39-6)22-30-12-17(28)13-31-22/h7-9,12-14,16H,10-11,15H2,1-6H3,(H,29,37)(H,32,33,34). The molecule has 1 aromatic carbocycles. The van der Waals surface area contributed by atoms with Crippen molar-refractivity contribution in [3.63, 3.8) is 0 Å². The number of halogens is 1. The van der Waals surface area contributed by atoms with E-state index in [0.717, 1.165) is 12.4 Å². The van der Waals surface area contributed by atoms with Gasteiger partial charge in [0.2, 0.25) is 5.95 Å². The molecule has 212 valence electrons. The summed E-state index contributed by atoms with van der Waals surface area (Å²) < 4.78 is 24.6. The van der Waals surface area contributed by atoms with Gasteiger partial charge in [-0.1, -0.05) is 6.07 Å². The molecule has 2 aromatic heterocycles. The van der Waals surface area contributed by atoms with Crippen molar-refractivity contribution in [2.24, 2.45) is 0 Å². The molecule has 0 radical (unpaired) electrons. The number of benzene rings is 1. The summed E-state index contributed by atoms with van der Waals surface area (Å²) in [6.07, 6.45) is 3.24. The summed E-state index contributed by atoms with van der Waals surface area (Å²) in [6.45, 7) is 8.78. The van der Waals surface area contributed by atoms with Crippen molar-refractivity contribution < 1.29 is 23.5 Å². The Bertz CT molecular complexity index is 1380. The molecule has 3 heterocycles. The van der Waals surface area contributed by atoms with Gasteiger partial charge in [-0.05, 0) is 39.8 Å². The Hall–Kier alpha value is -4.55. The first-order chi connectivity index (χ1) is 19.0. The highest BCUT2D eigenvalue weighted by atomic mass is 19.1. The van der Waals surface area contributed by atoms with Crippen molar-refractivity contribution in [1.29, 1.82) is 0 Å². The van der Waals surface area contributed by atoms with Crippen LogP contribution in [-0.2, 0) is 4.74 Å². The zero-order chi connectivity index (χ0) is 29.0. The number of piperazine rings is 1. The van der Waals surface area contributed by atoms with Crippen molar-refractivity contribution in [3.8, 4) is 17.1 Å². The van der Waals surface area contributed by atoms with E-state index in [-0.39, 0.29) is 35.2 Å². The van der Waals surface area contributed by atoms with Gasteiger partial charge < -0.3 is 29.9 Å². The first-order valence-electron chi connectivity index (χ1n) is 12.8. The van der Waals surface area contributed by atoms with Crippen LogP contribution >= 0.6 is 0 Å². The van der Waals surface area contributed by atoms with Crippen LogP contribution < -0.4 is 20.3 Å². The van der Waals surface area contributed by atoms with Crippen LogP contribution in [0.4, 0.5) is 26.6 Å². The average molecular weight is 553 g/mol. The molecule has 4 rings (SSSR count). The molecule has 1 aliphatic rings. The normalized spacial score (nSPS) is 15.4. The molecule has 1 unspecified atom stereocenters. The number of aromatic nitrogens is 4. The predicted molar refractivity (Wildman–Crippen MR) is 147 cm³/mol. The first-order valence-corrected chi connectivity index (χ1v) is 12.8. The number of hydrogen-bond acceptors (Lipinski definition) is 10. The zero-order valence-corrected chi connectivity index (χ0v) is 23.4. The van der Waals surface area contributed by atoms with Crippen LogP contribution in [0.15, 0.2) is 36.8 Å². The van der Waals surface area contributed by atoms with Gasteiger partial charge in [-0.15, -0.1) is 0 Å². The molecule has 2 amide bonds. The molecular weight excluding hydrogens is 519 g/mol. The number of nitrogens with one attached hydrogen (secondary N) is 2. The topological polar surface area (TPSA) is 135 Å². The second kappa shape index (κ2) is 11.7. The minimum atomic E-state index is -0.585. The molecule has 1 fully saturated rings. The Morgan fingerprint density at radius 2 is 1.82 bits per heavy atom. The van der Waals surface area contributed by atoms with Gasteiger partial charge in [-0.3, -0.25) is 4.79 Å². The van der Waals surface area contributed by atoms with Crippen LogP contribution in [0.25, 0.3) is 11.4 Å². The van der Waals surface area contributed by atoms with Crippen LogP contribution in [0.3, 0.4) is 0 Å². The van der Waals surface area contributed by atoms with Gasteiger partial charge in [0.15, 0.2) is 17.4 Å². The van der Waals surface area contributed by atoms with E-state index in [4.69, 9.17) is 14.5 Å². The highest BCUT2D eigenvalue weighted by molar-refractivity contribution is 5.99. The summed E-state index contributed by atoms with van der Waals surface area (Å²) in [6, 6.07) is 5.14. The Morgan fingerprint density at radius 1 is 1.10 bits per heavy atom. The summed E-state index contributed by atoms with van der Waals surface area (Å²) in [5.41, 5.74) is 0.648. The summed E-state index contributed by atoms with van der Waals surface area (Å²) in [4.78, 5) is 46.2. The van der Waals surface area contributed by atoms with Crippen molar-refractivity contribution >= 4 is 29.5 Å². The minimum Gasteiger partial charge on any atom is -0.494 e. The molecule has 0 saturated carbocycles. The quantitative estimate of drug-likeness (QED) is 0.467. The lowest BCUT2D eigenvalue weighted by molar-refractivity contribution is 0.0218. The van der Waals surface area contributed by atoms with Crippen molar-refractivity contribution in [1.82, 2.24) is 30.2 Å². The molecule has 1 aliphatic heterocycles. The zero-order valence-electron chi connectivity index (χ0n) is 23.4. The Kier molecular flexibility index (Phi) is 8.31. The summed E-state index contributed by atoms with van der Waals surface area (Å²) in [5.74, 6) is 0.366. The molecule has 12 nitrogen and oxygen atoms in total. The van der Waals surface area contributed by atoms with Gasteiger partial charge >= 0.3 is 6.09 Å². The summed E-state index contributed by atoms with van der Waals surface area (Å²) >= 11 is 0. The van der Waals surface area contributed by atoms with E-state index in [1.807, 2.05) is 32.6 Å². The van der Waals surface area contributed by atoms with E-state index in [9.17, 15) is 14.0 Å². The number of carbonyl (C=O) groups is 2. The highest BCUT2D eigenvalue weighted by Crippen LogP contribution is 2.37. The SMILES string of the molecule is CNC(=O)c1cnc(N2CCN(C(=O)OC(C)(C)C)CC2C)nc1Nc1cccc(-c2ncc(F)cn2)c1OC. The van der Waals surface area contributed by atoms with Crippen molar-refractivity contribution in [3.05, 3.63) is 48.2 Å². The average Bonchev–Trinajstić information content (AvgIpc) is 2.92. The van der Waals surface area contributed by atoms with Crippen LogP contribution in [0.2, 0.25) is 0 Å². The maximum Gasteiger partial charge on any atom is 0.410 e. The molecule has 13 heteroatoms. The highest BCUT2D eigenvalue weighted by Gasteiger charge is 2.31. The number of methoxy groups -OCH3 is 1. The van der Waals surface area contributed by atoms with Gasteiger partial charge in [0, 0.05) is 38.9 Å². The number of rotatable bonds is 6. The van der Waals surface area contributed by atoms with E-state index >= 15 is 0 Å². The fourth-order valence-electron chi connectivity index (χ4n) is 4.26. The molecular formula is C27H33FN8O4. The number of ether oxygens (including phenoxy) is 2. The third-order valence-electron chi connectivity index (χ3n) is 6.12. The second-order valence-electron chi connectivity index (χ2n) is 10.2. The Morgan fingerprint density at radius 3 is 2.45 bits per heavy atom. The van der Waals surface area contributed by atoms with Gasteiger partial charge in [-0.25, -0.2) is 24.1 Å². The smallest absolute Gasteiger partial charge is 0.410 e. The van der Waals surface area contributed by atoms with Gasteiger partial charge in [-0.2, -0.15) is 4.98 Å². The fraction of sp³-hybridized carbons (Fsp3) is 0.407. The van der Waals surface area contributed by atoms with E-state index in [1.54, 1.807) is 23.1 Å². The summed E-state index contributed by atoms with van der Waals surface area (Å²) in [5, 5.41) is 5.80. The molecule has 0 aliphatic carbocycles. The van der Waals surface area contributed by atoms with Crippen molar-refractivity contribution in [2.45, 2.75) is 39.3 Å². The molecule has 1 saturated heterocycles. The van der Waals surface area contributed by atoms with E-state index in [1.165, 1.54) is 20.4 Å². The van der Waals surface area contributed by atoms with Crippen LogP contribution in [0.1, 0.15) is 38.1 Å². The molecule has 0 bridgehead atoms. The minimum absolute atomic E-state index is 0.117. The van der Waals surface area contributed by atoms with Crippen LogP contribution in [0.5, 0.6) is 5.75 Å². The Labute approximate surface area is 231 Å². The van der Waals surface area contributed by atoms with E-state index in [2.05, 4.69) is 25.6 Å². The third kappa shape index (κ3) is 6.35. The lowest BCUT2D eigenvalue weighted by atomic mass is 10.1. The largest absolute Gasteiger partial charge is 0.494 e. The van der Waals surface area contributed by atoms with Crippen LogP contribution in [-0.4, -0.2) is 82.3 Å². The summed E-state index contributed by atoms with van der Waals surface area (Å²) in [7, 11) is 3.01. The number of hydrogen-bond donors (Lipinski definition) is 2. The van der Waals surface area contributed by atoms with Gasteiger partial charge in [0.25, 0.3) is 5.91 Å². The molecule has 0 spiro atoms. The van der Waals surface area contributed by atoms with E-state index < -0.39 is 11.4 Å². The first kappa shape index (κ1) is 28.5. The monoisotopic (exact) mass is 552 g/mol. The number of para-hydroxylation sites is 1. The van der Waals surface area contributed by atoms with Gasteiger partial charge in [0.1, 0.15) is 17.0 Å². The lowest BCUT2D eigenvalue weighted by Gasteiger charge is -2.40. The maximum atomic E-state index is 13.4. The van der Waals surface area contributed by atoms with Crippen LogP contribution in [0, 0.1) is 5.82 Å². The van der Waals surface area contributed by atoms with Gasteiger partial charge in [0.05, 0.1) is 30.8 Å². The maximum absolute atomic E-state index is 13.4. The van der Waals surface area contributed by atoms with Crippen molar-refractivity contribution in [2.75, 3.05) is 44.0 Å². The number of amides is 2. The number of anilines is 3. The predicted octanol–water partition coefficient (Wildman–Crippen LogP) is 3.63. The third-order valence-corrected chi connectivity index (χ3v) is 6.12. The molecule has 1 atom stereocenters. The Balaban J connectivity index is 1.64. The van der Waals surface area contributed by atoms with E-state index in [0.29, 0.717) is 42.6 Å². The molecule has 40 heavy (non-hydrogen) atoms. The lowest BCUT2D eigenvalue weighted by Crippen LogP contribution is -2.55. The molecule has 3 aromatic rings.